The van der Waals surface area contributed by atoms with Crippen LogP contribution in [0.3, 0.4) is 0 Å². The molecular weight excluding hydrogens is 276 g/mol. The molecule has 1 aromatic carbocycles. The molecule has 1 fully saturated rings. The van der Waals surface area contributed by atoms with E-state index in [0.717, 1.165) is 16.5 Å². The molecule has 1 aromatic heterocycles. The molecule has 1 aliphatic heterocycles. The lowest BCUT2D eigenvalue weighted by molar-refractivity contribution is -0.139. The average Bonchev–Trinajstić information content (AvgIpc) is 3.16. The first-order valence-corrected chi connectivity index (χ1v) is 6.61. The molecule has 0 amide bonds. The Balaban J connectivity index is 2.12. The summed E-state index contributed by atoms with van der Waals surface area (Å²) in [5, 5.41) is 0.784. The fourth-order valence-corrected chi connectivity index (χ4v) is 2.47. The molecule has 2 aromatic rings. The van der Waals surface area contributed by atoms with Crippen LogP contribution in [0.5, 0.6) is 5.75 Å². The van der Waals surface area contributed by atoms with Gasteiger partial charge < -0.3 is 23.4 Å². The van der Waals surface area contributed by atoms with Crippen LogP contribution in [0, 0.1) is 0 Å². The second kappa shape index (κ2) is 5.75. The summed E-state index contributed by atoms with van der Waals surface area (Å²) < 4.78 is 26.7. The van der Waals surface area contributed by atoms with Crippen molar-refractivity contribution < 1.29 is 28.2 Å². The third-order valence-corrected chi connectivity index (χ3v) is 3.45. The number of fused-ring (bicyclic) bond motifs is 1. The molecule has 0 N–H and O–H groups in total. The summed E-state index contributed by atoms with van der Waals surface area (Å²) in [5.41, 5.74) is 2.13. The molecule has 6 nitrogen and oxygen atoms in total. The van der Waals surface area contributed by atoms with E-state index in [2.05, 4.69) is 0 Å². The summed E-state index contributed by atoms with van der Waals surface area (Å²) in [6, 6.07) is 3.67. The first-order valence-electron chi connectivity index (χ1n) is 6.61. The van der Waals surface area contributed by atoms with E-state index in [1.165, 1.54) is 7.11 Å². The van der Waals surface area contributed by atoms with Gasteiger partial charge in [0.15, 0.2) is 17.6 Å². The van der Waals surface area contributed by atoms with Crippen LogP contribution < -0.4 is 4.74 Å². The average molecular weight is 292 g/mol. The number of carbonyl (C=O) groups excluding carboxylic acids is 1. The highest BCUT2D eigenvalue weighted by molar-refractivity contribution is 5.92. The fourth-order valence-electron chi connectivity index (χ4n) is 2.47. The number of hydrogen-bond donors (Lipinski definition) is 0. The largest absolute Gasteiger partial charge is 0.493 e. The molecule has 0 bridgehead atoms. The highest BCUT2D eigenvalue weighted by Crippen LogP contribution is 2.38. The summed E-state index contributed by atoms with van der Waals surface area (Å²) in [5.74, 6) is 0.266. The lowest BCUT2D eigenvalue weighted by atomic mass is 10.0. The van der Waals surface area contributed by atoms with Crippen molar-refractivity contribution in [3.05, 3.63) is 29.5 Å². The molecule has 2 heterocycles. The Morgan fingerprint density at radius 2 is 2.05 bits per heavy atom. The highest BCUT2D eigenvalue weighted by atomic mass is 16.7. The van der Waals surface area contributed by atoms with E-state index in [0.29, 0.717) is 24.5 Å². The molecule has 6 heteroatoms. The molecule has 0 atom stereocenters. The van der Waals surface area contributed by atoms with Gasteiger partial charge in [-0.25, -0.2) is 0 Å². The molecule has 0 aliphatic carbocycles. The van der Waals surface area contributed by atoms with Crippen molar-refractivity contribution in [2.24, 2.45) is 0 Å². The molecule has 0 radical (unpaired) electrons. The van der Waals surface area contributed by atoms with E-state index in [4.69, 9.17) is 23.4 Å². The van der Waals surface area contributed by atoms with Crippen LogP contribution >= 0.6 is 0 Å². The van der Waals surface area contributed by atoms with Crippen LogP contribution in [0.25, 0.3) is 11.0 Å². The van der Waals surface area contributed by atoms with E-state index >= 15 is 0 Å². The minimum atomic E-state index is -0.451. The molecule has 3 rings (SSSR count). The van der Waals surface area contributed by atoms with Gasteiger partial charge in [0.1, 0.15) is 0 Å². The maximum absolute atomic E-state index is 11.6. The van der Waals surface area contributed by atoms with Crippen LogP contribution in [0.4, 0.5) is 0 Å². The molecular formula is C15H16O6. The Kier molecular flexibility index (Phi) is 3.81. The summed E-state index contributed by atoms with van der Waals surface area (Å²) in [6.07, 6.45) is 1.21. The van der Waals surface area contributed by atoms with Gasteiger partial charge in [0, 0.05) is 16.5 Å². The number of carbonyl (C=O) groups is 1. The SMILES string of the molecule is COC(=O)Cc1coc2c(OC)ccc(C3OCCO3)c12. The number of ether oxygens (including phenoxy) is 4. The van der Waals surface area contributed by atoms with Gasteiger partial charge in [0.2, 0.25) is 0 Å². The van der Waals surface area contributed by atoms with Crippen molar-refractivity contribution in [3.63, 3.8) is 0 Å². The van der Waals surface area contributed by atoms with E-state index in [9.17, 15) is 4.79 Å². The Labute approximate surface area is 121 Å². The number of methoxy groups -OCH3 is 2. The van der Waals surface area contributed by atoms with Crippen LogP contribution in [-0.2, 0) is 25.4 Å². The fraction of sp³-hybridized carbons (Fsp3) is 0.400. The number of furan rings is 1. The zero-order valence-corrected chi connectivity index (χ0v) is 11.9. The minimum Gasteiger partial charge on any atom is -0.493 e. The number of benzene rings is 1. The summed E-state index contributed by atoms with van der Waals surface area (Å²) >= 11 is 0. The minimum absolute atomic E-state index is 0.121. The number of esters is 1. The van der Waals surface area contributed by atoms with Gasteiger partial charge in [-0.15, -0.1) is 0 Å². The second-order valence-corrected chi connectivity index (χ2v) is 4.65. The van der Waals surface area contributed by atoms with Gasteiger partial charge in [-0.1, -0.05) is 0 Å². The zero-order chi connectivity index (χ0) is 14.8. The van der Waals surface area contributed by atoms with E-state index in [1.807, 2.05) is 6.07 Å². The monoisotopic (exact) mass is 292 g/mol. The van der Waals surface area contributed by atoms with E-state index in [-0.39, 0.29) is 12.4 Å². The maximum Gasteiger partial charge on any atom is 0.310 e. The van der Waals surface area contributed by atoms with Crippen molar-refractivity contribution in [3.8, 4) is 5.75 Å². The van der Waals surface area contributed by atoms with E-state index < -0.39 is 6.29 Å². The normalized spacial score (nSPS) is 15.5. The number of rotatable bonds is 4. The smallest absolute Gasteiger partial charge is 0.310 e. The van der Waals surface area contributed by atoms with Crippen LogP contribution in [-0.4, -0.2) is 33.4 Å². The lowest BCUT2D eigenvalue weighted by Crippen LogP contribution is -2.05. The Morgan fingerprint density at radius 1 is 1.29 bits per heavy atom. The lowest BCUT2D eigenvalue weighted by Gasteiger charge is -2.12. The van der Waals surface area contributed by atoms with Crippen molar-refractivity contribution in [1.29, 1.82) is 0 Å². The summed E-state index contributed by atoms with van der Waals surface area (Å²) in [4.78, 5) is 11.6. The number of hydrogen-bond acceptors (Lipinski definition) is 6. The Bertz CT molecular complexity index is 653. The van der Waals surface area contributed by atoms with Gasteiger partial charge in [-0.3, -0.25) is 4.79 Å². The van der Waals surface area contributed by atoms with Gasteiger partial charge in [0.05, 0.1) is 40.1 Å². The second-order valence-electron chi connectivity index (χ2n) is 4.65. The topological polar surface area (TPSA) is 67.1 Å². The van der Waals surface area contributed by atoms with E-state index in [1.54, 1.807) is 19.4 Å². The van der Waals surface area contributed by atoms with Gasteiger partial charge in [0.25, 0.3) is 0 Å². The molecule has 0 spiro atoms. The molecule has 1 saturated heterocycles. The van der Waals surface area contributed by atoms with Crippen molar-refractivity contribution in [1.82, 2.24) is 0 Å². The van der Waals surface area contributed by atoms with Crippen LogP contribution in [0.15, 0.2) is 22.8 Å². The van der Waals surface area contributed by atoms with Crippen molar-refractivity contribution in [2.75, 3.05) is 27.4 Å². The molecule has 21 heavy (non-hydrogen) atoms. The molecule has 1 aliphatic rings. The Morgan fingerprint density at radius 3 is 2.71 bits per heavy atom. The third-order valence-electron chi connectivity index (χ3n) is 3.45. The van der Waals surface area contributed by atoms with Crippen molar-refractivity contribution >= 4 is 16.9 Å². The quantitative estimate of drug-likeness (QED) is 0.805. The molecule has 0 unspecified atom stereocenters. The summed E-state index contributed by atoms with van der Waals surface area (Å²) in [7, 11) is 2.93. The van der Waals surface area contributed by atoms with Gasteiger partial charge in [-0.05, 0) is 12.1 Å². The zero-order valence-electron chi connectivity index (χ0n) is 11.9. The van der Waals surface area contributed by atoms with Crippen LogP contribution in [0.1, 0.15) is 17.4 Å². The van der Waals surface area contributed by atoms with Gasteiger partial charge >= 0.3 is 5.97 Å². The first-order chi connectivity index (χ1) is 10.2. The molecule has 112 valence electrons. The highest BCUT2D eigenvalue weighted by Gasteiger charge is 2.25. The van der Waals surface area contributed by atoms with Gasteiger partial charge in [-0.2, -0.15) is 0 Å². The summed E-state index contributed by atoms with van der Waals surface area (Å²) in [6.45, 7) is 1.09. The van der Waals surface area contributed by atoms with Crippen LogP contribution in [0.2, 0.25) is 0 Å². The maximum atomic E-state index is 11.6. The predicted molar refractivity (Wildman–Crippen MR) is 73.1 cm³/mol. The Hall–Kier alpha value is -2.05. The molecule has 0 saturated carbocycles. The first kappa shape index (κ1) is 13.9. The standard InChI is InChI=1S/C15H16O6/c1-17-11-4-3-10(15-19-5-6-20-15)13-9(7-12(16)18-2)8-21-14(11)13/h3-4,8,15H,5-7H2,1-2H3. The third kappa shape index (κ3) is 2.48. The van der Waals surface area contributed by atoms with Crippen molar-refractivity contribution in [2.45, 2.75) is 12.7 Å². The predicted octanol–water partition coefficient (Wildman–Crippen LogP) is 2.20.